The Labute approximate surface area is 189 Å². The van der Waals surface area contributed by atoms with E-state index in [1.54, 1.807) is 12.1 Å². The van der Waals surface area contributed by atoms with Crippen LogP contribution in [-0.2, 0) is 17.8 Å². The van der Waals surface area contributed by atoms with Gasteiger partial charge in [-0.15, -0.1) is 0 Å². The van der Waals surface area contributed by atoms with Crippen LogP contribution in [0.4, 0.5) is 4.39 Å². The number of aryl methyl sites for hydroxylation is 1. The van der Waals surface area contributed by atoms with Crippen molar-refractivity contribution in [3.63, 3.8) is 0 Å². The minimum atomic E-state index is -0.584. The summed E-state index contributed by atoms with van der Waals surface area (Å²) in [5, 5.41) is 17.9. The molecule has 0 aliphatic carbocycles. The fourth-order valence-electron chi connectivity index (χ4n) is 3.19. The average Bonchev–Trinajstić information content (AvgIpc) is 2.82. The second-order valence-corrected chi connectivity index (χ2v) is 7.59. The predicted octanol–water partition coefficient (Wildman–Crippen LogP) is 4.71. The Morgan fingerprint density at radius 1 is 1.12 bits per heavy atom. The molecule has 0 unspecified atom stereocenters. The molecule has 2 rings (SSSR count). The molecule has 6 heteroatoms. The second kappa shape index (κ2) is 13.2. The Morgan fingerprint density at radius 2 is 1.81 bits per heavy atom. The highest BCUT2D eigenvalue weighted by molar-refractivity contribution is 6.45. The van der Waals surface area contributed by atoms with Gasteiger partial charge in [0.15, 0.2) is 5.78 Å². The first-order valence-corrected chi connectivity index (χ1v) is 10.9. The van der Waals surface area contributed by atoms with Gasteiger partial charge in [-0.3, -0.25) is 9.79 Å². The molecule has 0 fully saturated rings. The molecule has 5 nitrogen and oxygen atoms in total. The van der Waals surface area contributed by atoms with E-state index in [2.05, 4.69) is 11.9 Å². The molecule has 0 atom stereocenters. The molecule has 32 heavy (non-hydrogen) atoms. The van der Waals surface area contributed by atoms with Gasteiger partial charge in [0.1, 0.15) is 17.6 Å². The molecule has 0 amide bonds. The van der Waals surface area contributed by atoms with Crippen LogP contribution < -0.4 is 5.73 Å². The Kier molecular flexibility index (Phi) is 10.3. The molecule has 0 aliphatic heterocycles. The number of allylic oxidation sites excluding steroid dienone is 1. The highest BCUT2D eigenvalue weighted by Gasteiger charge is 2.11. The fraction of sp³-hybridized carbons (Fsp3) is 0.346. The number of hydrogen-bond donors (Lipinski definition) is 2. The van der Waals surface area contributed by atoms with Crippen LogP contribution in [0.5, 0.6) is 0 Å². The van der Waals surface area contributed by atoms with E-state index in [0.717, 1.165) is 31.2 Å². The number of ketones is 1. The number of halogens is 1. The van der Waals surface area contributed by atoms with Crippen LogP contribution in [0.2, 0.25) is 0 Å². The number of aliphatic hydroxyl groups excluding tert-OH is 1. The summed E-state index contributed by atoms with van der Waals surface area (Å²) in [4.78, 5) is 17.3. The maximum atomic E-state index is 13.6. The minimum Gasteiger partial charge on any atom is -0.398 e. The summed E-state index contributed by atoms with van der Waals surface area (Å²) in [5.41, 5.74) is 9.54. The van der Waals surface area contributed by atoms with Crippen molar-refractivity contribution in [1.82, 2.24) is 0 Å². The van der Waals surface area contributed by atoms with Gasteiger partial charge in [0, 0.05) is 18.7 Å². The van der Waals surface area contributed by atoms with Crippen LogP contribution in [0.15, 0.2) is 53.5 Å². The van der Waals surface area contributed by atoms with Gasteiger partial charge in [-0.2, -0.15) is 5.26 Å². The molecule has 0 heterocycles. The topological polar surface area (TPSA) is 99.5 Å². The van der Waals surface area contributed by atoms with Crippen molar-refractivity contribution in [2.24, 2.45) is 10.7 Å². The van der Waals surface area contributed by atoms with E-state index in [0.29, 0.717) is 24.1 Å². The van der Waals surface area contributed by atoms with Gasteiger partial charge in [-0.1, -0.05) is 50.1 Å². The van der Waals surface area contributed by atoms with Crippen LogP contribution in [0, 0.1) is 17.1 Å². The summed E-state index contributed by atoms with van der Waals surface area (Å²) >= 11 is 0. The van der Waals surface area contributed by atoms with E-state index >= 15 is 0 Å². The number of aliphatic hydroxyl groups is 1. The summed E-state index contributed by atoms with van der Waals surface area (Å²) in [5.74, 6) is -0.705. The molecule has 0 aromatic heterocycles. The number of rotatable bonds is 12. The van der Waals surface area contributed by atoms with Gasteiger partial charge in [-0.25, -0.2) is 4.39 Å². The number of aliphatic imine (C=N–C) groups is 1. The number of unbranched alkanes of at least 4 members (excludes halogenated alkanes) is 3. The average molecular weight is 436 g/mol. The highest BCUT2D eigenvalue weighted by atomic mass is 19.1. The summed E-state index contributed by atoms with van der Waals surface area (Å²) < 4.78 is 13.6. The second-order valence-electron chi connectivity index (χ2n) is 7.59. The van der Waals surface area contributed by atoms with E-state index in [-0.39, 0.29) is 30.2 Å². The molecule has 0 bridgehead atoms. The van der Waals surface area contributed by atoms with Crippen LogP contribution in [-0.4, -0.2) is 23.2 Å². The van der Waals surface area contributed by atoms with Crippen molar-refractivity contribution in [2.75, 3.05) is 6.61 Å². The smallest absolute Gasteiger partial charge is 0.180 e. The maximum Gasteiger partial charge on any atom is 0.180 e. The molecule has 3 N–H and O–H groups in total. The summed E-state index contributed by atoms with van der Waals surface area (Å²) in [7, 11) is 0. The monoisotopic (exact) mass is 435 g/mol. The SMILES string of the molecule is CCc1ccc(/C(N)=C/C(=NCc2ccc(F)c(C#N)c2)C(=O)CCCCCCO)cc1. The van der Waals surface area contributed by atoms with Gasteiger partial charge in [0.25, 0.3) is 0 Å². The maximum absolute atomic E-state index is 13.6. The Hall–Kier alpha value is -3.30. The number of nitriles is 1. The van der Waals surface area contributed by atoms with Crippen molar-refractivity contribution in [3.8, 4) is 6.07 Å². The van der Waals surface area contributed by atoms with E-state index < -0.39 is 5.82 Å². The van der Waals surface area contributed by atoms with E-state index in [1.807, 2.05) is 30.3 Å². The molecular weight excluding hydrogens is 405 g/mol. The lowest BCUT2D eigenvalue weighted by Gasteiger charge is -2.07. The van der Waals surface area contributed by atoms with Crippen LogP contribution in [0.1, 0.15) is 61.3 Å². The van der Waals surface area contributed by atoms with Crippen molar-refractivity contribution < 1.29 is 14.3 Å². The minimum absolute atomic E-state index is 0.0551. The number of benzene rings is 2. The van der Waals surface area contributed by atoms with E-state index in [1.165, 1.54) is 17.7 Å². The summed E-state index contributed by atoms with van der Waals surface area (Å²) in [6.07, 6.45) is 5.98. The summed E-state index contributed by atoms with van der Waals surface area (Å²) in [6.45, 7) is 2.36. The molecule has 0 spiro atoms. The van der Waals surface area contributed by atoms with Gasteiger partial charge in [-0.05, 0) is 54.2 Å². The first-order chi connectivity index (χ1) is 15.5. The number of carbonyl (C=O) groups is 1. The molecule has 0 radical (unpaired) electrons. The molecule has 0 saturated heterocycles. The van der Waals surface area contributed by atoms with Crippen molar-refractivity contribution in [3.05, 3.63) is 76.6 Å². The lowest BCUT2D eigenvalue weighted by Crippen LogP contribution is -2.14. The third kappa shape index (κ3) is 7.75. The van der Waals surface area contributed by atoms with E-state index in [4.69, 9.17) is 16.1 Å². The Bertz CT molecular complexity index is 1000. The Balaban J connectivity index is 2.23. The highest BCUT2D eigenvalue weighted by Crippen LogP contribution is 2.14. The third-order valence-electron chi connectivity index (χ3n) is 5.17. The molecule has 0 saturated carbocycles. The van der Waals surface area contributed by atoms with Crippen LogP contribution in [0.25, 0.3) is 5.70 Å². The lowest BCUT2D eigenvalue weighted by atomic mass is 10.0. The zero-order valence-electron chi connectivity index (χ0n) is 18.5. The summed E-state index contributed by atoms with van der Waals surface area (Å²) in [6, 6.07) is 13.9. The first kappa shape index (κ1) is 25.0. The Morgan fingerprint density at radius 3 is 2.47 bits per heavy atom. The van der Waals surface area contributed by atoms with Crippen molar-refractivity contribution >= 4 is 17.2 Å². The molecule has 168 valence electrons. The molecule has 2 aromatic carbocycles. The zero-order chi connectivity index (χ0) is 23.3. The normalized spacial score (nSPS) is 11.9. The van der Waals surface area contributed by atoms with Gasteiger partial charge >= 0.3 is 0 Å². The zero-order valence-corrected chi connectivity index (χ0v) is 18.5. The number of carbonyl (C=O) groups excluding carboxylic acids is 1. The lowest BCUT2D eigenvalue weighted by molar-refractivity contribution is -0.113. The molecular formula is C26H30FN3O2. The van der Waals surface area contributed by atoms with Crippen molar-refractivity contribution in [1.29, 1.82) is 5.26 Å². The molecule has 2 aromatic rings. The number of nitrogens with zero attached hydrogens (tertiary/aromatic N) is 2. The standard InChI is InChI=1S/C26H30FN3O2/c1-2-19-8-11-21(12-9-19)24(29)16-25(26(32)7-5-3-4-6-14-31)30-18-20-10-13-23(27)22(15-20)17-28/h8-13,15-16,31H,2-7,14,18,29H2,1H3/b24-16-,30-25?. The number of Topliss-reactive ketones (excluding diaryl/α,β-unsaturated/α-hetero) is 1. The largest absolute Gasteiger partial charge is 0.398 e. The van der Waals surface area contributed by atoms with Crippen LogP contribution in [0.3, 0.4) is 0 Å². The van der Waals surface area contributed by atoms with Crippen LogP contribution >= 0.6 is 0 Å². The van der Waals surface area contributed by atoms with Crippen molar-refractivity contribution in [2.45, 2.75) is 52.0 Å². The quantitative estimate of drug-likeness (QED) is 0.372. The van der Waals surface area contributed by atoms with E-state index in [9.17, 15) is 9.18 Å². The predicted molar refractivity (Wildman–Crippen MR) is 125 cm³/mol. The van der Waals surface area contributed by atoms with Gasteiger partial charge in [0.2, 0.25) is 0 Å². The van der Waals surface area contributed by atoms with Gasteiger partial charge < -0.3 is 10.8 Å². The van der Waals surface area contributed by atoms with Gasteiger partial charge in [0.05, 0.1) is 12.1 Å². The number of nitrogens with two attached hydrogens (primary N) is 1. The molecule has 0 aliphatic rings. The number of hydrogen-bond acceptors (Lipinski definition) is 5. The fourth-order valence-corrected chi connectivity index (χ4v) is 3.19. The third-order valence-corrected chi connectivity index (χ3v) is 5.17. The first-order valence-electron chi connectivity index (χ1n) is 10.9.